The Morgan fingerprint density at radius 3 is 2.42 bits per heavy atom. The first-order chi connectivity index (χ1) is 11.0. The molecule has 0 fully saturated rings. The van der Waals surface area contributed by atoms with Crippen molar-refractivity contribution >= 4 is 17.9 Å². The summed E-state index contributed by atoms with van der Waals surface area (Å²) >= 11 is 0. The second-order valence-electron chi connectivity index (χ2n) is 7.03. The molecular weight excluding hydrogens is 310 g/mol. The quantitative estimate of drug-likeness (QED) is 0.738. The molecule has 0 bridgehead atoms. The van der Waals surface area contributed by atoms with Gasteiger partial charge < -0.3 is 15.2 Å². The molecule has 0 radical (unpaired) electrons. The minimum absolute atomic E-state index is 0.129. The minimum Gasteiger partial charge on any atom is -0.480 e. The topological polar surface area (TPSA) is 101 Å². The Morgan fingerprint density at radius 2 is 1.96 bits per heavy atom. The maximum absolute atomic E-state index is 11.8. The zero-order valence-electron chi connectivity index (χ0n) is 15.1. The van der Waals surface area contributed by atoms with E-state index in [1.807, 2.05) is 13.8 Å². The largest absolute Gasteiger partial charge is 0.480 e. The summed E-state index contributed by atoms with van der Waals surface area (Å²) in [6.45, 7) is 9.02. The van der Waals surface area contributed by atoms with Gasteiger partial charge in [-0.15, -0.1) is 0 Å². The zero-order valence-corrected chi connectivity index (χ0v) is 15.1. The van der Waals surface area contributed by atoms with Crippen molar-refractivity contribution in [2.45, 2.75) is 52.2 Å². The van der Waals surface area contributed by atoms with Crippen LogP contribution in [-0.4, -0.2) is 40.3 Å². The third-order valence-corrected chi connectivity index (χ3v) is 3.75. The molecular formula is C17H27N3O4. The third-order valence-electron chi connectivity index (χ3n) is 3.75. The lowest BCUT2D eigenvalue weighted by atomic mass is 9.81. The first-order valence-electron chi connectivity index (χ1n) is 7.87. The van der Waals surface area contributed by atoms with E-state index in [1.165, 1.54) is 6.20 Å². The van der Waals surface area contributed by atoms with Gasteiger partial charge in [0.05, 0.1) is 0 Å². The Hall–Kier alpha value is -2.15. The molecule has 0 aliphatic heterocycles. The van der Waals surface area contributed by atoms with Crippen LogP contribution in [0.15, 0.2) is 18.3 Å². The average Bonchev–Trinajstić information content (AvgIpc) is 2.42. The van der Waals surface area contributed by atoms with Crippen molar-refractivity contribution in [2.75, 3.05) is 12.4 Å². The van der Waals surface area contributed by atoms with Crippen LogP contribution in [0.2, 0.25) is 0 Å². The van der Waals surface area contributed by atoms with E-state index in [1.54, 1.807) is 40.0 Å². The van der Waals surface area contributed by atoms with Crippen LogP contribution in [0.25, 0.3) is 0 Å². The summed E-state index contributed by atoms with van der Waals surface area (Å²) < 4.78 is 5.18. The molecule has 1 aromatic rings. The summed E-state index contributed by atoms with van der Waals surface area (Å²) in [5.74, 6) is -0.727. The summed E-state index contributed by atoms with van der Waals surface area (Å²) in [4.78, 5) is 27.6. The van der Waals surface area contributed by atoms with Gasteiger partial charge in [-0.2, -0.15) is 0 Å². The second-order valence-corrected chi connectivity index (χ2v) is 7.03. The number of aromatic nitrogens is 1. The van der Waals surface area contributed by atoms with Crippen LogP contribution in [0.3, 0.4) is 0 Å². The van der Waals surface area contributed by atoms with E-state index < -0.39 is 23.2 Å². The highest BCUT2D eigenvalue weighted by Crippen LogP contribution is 2.24. The van der Waals surface area contributed by atoms with Crippen molar-refractivity contribution in [3.63, 3.8) is 0 Å². The molecule has 1 amide bonds. The van der Waals surface area contributed by atoms with E-state index in [0.29, 0.717) is 5.82 Å². The fourth-order valence-electron chi connectivity index (χ4n) is 2.39. The number of aliphatic carboxylic acids is 1. The van der Waals surface area contributed by atoms with Gasteiger partial charge in [0.15, 0.2) is 0 Å². The molecule has 24 heavy (non-hydrogen) atoms. The number of amides is 1. The number of ether oxygens (including phenoxy) is 1. The Balaban J connectivity index is 2.96. The fraction of sp³-hybridized carbons (Fsp3) is 0.588. The van der Waals surface area contributed by atoms with Crippen molar-refractivity contribution in [3.8, 4) is 0 Å². The molecule has 1 aromatic heterocycles. The number of carbonyl (C=O) groups is 2. The molecule has 7 nitrogen and oxygen atoms in total. The van der Waals surface area contributed by atoms with E-state index in [9.17, 15) is 14.7 Å². The normalized spacial score (nSPS) is 14.1. The predicted octanol–water partition coefficient (Wildman–Crippen LogP) is 2.67. The molecule has 1 rings (SSSR count). The number of carboxylic acid groups (broad SMARTS) is 1. The van der Waals surface area contributed by atoms with Gasteiger partial charge in [-0.3, -0.25) is 10.1 Å². The van der Waals surface area contributed by atoms with Crippen molar-refractivity contribution < 1.29 is 19.4 Å². The number of hydrogen-bond donors (Lipinski definition) is 3. The van der Waals surface area contributed by atoms with Gasteiger partial charge in [-0.25, -0.2) is 9.78 Å². The highest BCUT2D eigenvalue weighted by atomic mass is 16.6. The number of carboxylic acids is 1. The first-order valence-corrected chi connectivity index (χ1v) is 7.87. The summed E-state index contributed by atoms with van der Waals surface area (Å²) in [5.41, 5.74) is -0.949. The first kappa shape index (κ1) is 19.9. The second kappa shape index (κ2) is 7.61. The number of likely N-dealkylation sites (N-methyl/N-ethyl adjacent to an activating group) is 1. The molecule has 1 heterocycles. The maximum atomic E-state index is 11.8. The molecule has 134 valence electrons. The van der Waals surface area contributed by atoms with Gasteiger partial charge in [0.1, 0.15) is 17.0 Å². The number of pyridine rings is 1. The summed E-state index contributed by atoms with van der Waals surface area (Å²) in [6, 6.07) is 3.39. The van der Waals surface area contributed by atoms with Gasteiger partial charge in [0.25, 0.3) is 0 Å². The summed E-state index contributed by atoms with van der Waals surface area (Å²) in [5, 5.41) is 15.1. The SMILES string of the molecule is CNC(Cc1ccnc(NC(=O)OC(C)(C)C)c1)(C(=O)O)C(C)C. The minimum atomic E-state index is -1.09. The Kier molecular flexibility index (Phi) is 6.31. The number of nitrogens with zero attached hydrogens (tertiary/aromatic N) is 1. The van der Waals surface area contributed by atoms with Gasteiger partial charge >= 0.3 is 12.1 Å². The number of hydrogen-bond acceptors (Lipinski definition) is 5. The number of carbonyl (C=O) groups excluding carboxylic acids is 1. The zero-order chi connectivity index (χ0) is 18.5. The van der Waals surface area contributed by atoms with E-state index >= 15 is 0 Å². The summed E-state index contributed by atoms with van der Waals surface area (Å²) in [7, 11) is 1.63. The molecule has 7 heteroatoms. The van der Waals surface area contributed by atoms with Crippen molar-refractivity contribution in [1.82, 2.24) is 10.3 Å². The molecule has 0 saturated carbocycles. The lowest BCUT2D eigenvalue weighted by molar-refractivity contribution is -0.146. The van der Waals surface area contributed by atoms with E-state index in [2.05, 4.69) is 15.6 Å². The Morgan fingerprint density at radius 1 is 1.33 bits per heavy atom. The Labute approximate surface area is 142 Å². The fourth-order valence-corrected chi connectivity index (χ4v) is 2.39. The molecule has 0 aliphatic carbocycles. The smallest absolute Gasteiger partial charge is 0.413 e. The van der Waals surface area contributed by atoms with Crippen LogP contribution in [0.1, 0.15) is 40.2 Å². The van der Waals surface area contributed by atoms with Gasteiger partial charge in [-0.05, 0) is 51.4 Å². The van der Waals surface area contributed by atoms with E-state index in [4.69, 9.17) is 4.74 Å². The predicted molar refractivity (Wildman–Crippen MR) is 92.1 cm³/mol. The van der Waals surface area contributed by atoms with Crippen LogP contribution in [-0.2, 0) is 16.0 Å². The Bertz CT molecular complexity index is 596. The number of anilines is 1. The standard InChI is InChI=1S/C17H27N3O4/c1-11(2)17(18-6,14(21)22)10-12-7-8-19-13(9-12)20-15(23)24-16(3,4)5/h7-9,11,18H,10H2,1-6H3,(H,21,22)(H,19,20,23). The highest BCUT2D eigenvalue weighted by molar-refractivity contribution is 5.84. The van der Waals surface area contributed by atoms with Crippen LogP contribution in [0.5, 0.6) is 0 Å². The molecule has 0 aliphatic rings. The summed E-state index contributed by atoms with van der Waals surface area (Å²) in [6.07, 6.45) is 1.20. The van der Waals surface area contributed by atoms with Crippen molar-refractivity contribution in [2.24, 2.45) is 5.92 Å². The van der Waals surface area contributed by atoms with Gasteiger partial charge in [-0.1, -0.05) is 13.8 Å². The van der Waals surface area contributed by atoms with Crippen LogP contribution >= 0.6 is 0 Å². The third kappa shape index (κ3) is 5.19. The lowest BCUT2D eigenvalue weighted by Gasteiger charge is -2.33. The van der Waals surface area contributed by atoms with Gasteiger partial charge in [0.2, 0.25) is 0 Å². The van der Waals surface area contributed by atoms with E-state index in [-0.39, 0.29) is 12.3 Å². The van der Waals surface area contributed by atoms with Crippen molar-refractivity contribution in [3.05, 3.63) is 23.9 Å². The van der Waals surface area contributed by atoms with Crippen LogP contribution in [0, 0.1) is 5.92 Å². The molecule has 0 aromatic carbocycles. The van der Waals surface area contributed by atoms with Crippen molar-refractivity contribution in [1.29, 1.82) is 0 Å². The van der Waals surface area contributed by atoms with Crippen LogP contribution in [0.4, 0.5) is 10.6 Å². The molecule has 1 atom stereocenters. The number of rotatable bonds is 6. The van der Waals surface area contributed by atoms with Gasteiger partial charge in [0, 0.05) is 12.6 Å². The molecule has 0 spiro atoms. The highest BCUT2D eigenvalue weighted by Gasteiger charge is 2.40. The number of nitrogens with one attached hydrogen (secondary N) is 2. The molecule has 1 unspecified atom stereocenters. The van der Waals surface area contributed by atoms with E-state index in [0.717, 1.165) is 5.56 Å². The van der Waals surface area contributed by atoms with Crippen LogP contribution < -0.4 is 10.6 Å². The molecule has 3 N–H and O–H groups in total. The monoisotopic (exact) mass is 337 g/mol. The molecule has 0 saturated heterocycles. The average molecular weight is 337 g/mol. The maximum Gasteiger partial charge on any atom is 0.413 e. The lowest BCUT2D eigenvalue weighted by Crippen LogP contribution is -2.56.